The van der Waals surface area contributed by atoms with E-state index in [0.717, 1.165) is 26.4 Å². The first kappa shape index (κ1) is 19.7. The number of carbonyl (C=O) groups excluding carboxylic acids is 1. The molecule has 5 rings (SSSR count). The van der Waals surface area contributed by atoms with Gasteiger partial charge in [0.1, 0.15) is 0 Å². The molecule has 4 aromatic carbocycles. The summed E-state index contributed by atoms with van der Waals surface area (Å²) < 4.78 is 0.841. The van der Waals surface area contributed by atoms with E-state index in [-0.39, 0.29) is 5.91 Å². The minimum absolute atomic E-state index is 0.0851. The second-order valence-corrected chi connectivity index (χ2v) is 9.36. The number of fused-ring (bicyclic) bond motifs is 2. The third kappa shape index (κ3) is 4.45. The molecule has 0 bridgehead atoms. The summed E-state index contributed by atoms with van der Waals surface area (Å²) >= 11 is 3.04. The first-order chi connectivity index (χ1) is 15.3. The number of amides is 1. The van der Waals surface area contributed by atoms with Gasteiger partial charge in [0.15, 0.2) is 4.34 Å². The van der Waals surface area contributed by atoms with Crippen molar-refractivity contribution in [3.8, 4) is 0 Å². The Morgan fingerprint density at radius 3 is 2.13 bits per heavy atom. The van der Waals surface area contributed by atoms with Crippen molar-refractivity contribution in [2.45, 2.75) is 16.5 Å². The van der Waals surface area contributed by atoms with Crippen LogP contribution in [0.25, 0.3) is 21.5 Å². The molecule has 0 aliphatic heterocycles. The van der Waals surface area contributed by atoms with Gasteiger partial charge in [0.05, 0.1) is 6.42 Å². The number of carbonyl (C=O) groups is 1. The average Bonchev–Trinajstić information content (AvgIpc) is 3.25. The van der Waals surface area contributed by atoms with Gasteiger partial charge in [-0.1, -0.05) is 108 Å². The van der Waals surface area contributed by atoms with Gasteiger partial charge in [-0.25, -0.2) is 0 Å². The van der Waals surface area contributed by atoms with Gasteiger partial charge in [-0.2, -0.15) is 0 Å². The van der Waals surface area contributed by atoms with E-state index in [2.05, 4.69) is 70.1 Å². The number of hydrogen-bond acceptors (Lipinski definition) is 5. The van der Waals surface area contributed by atoms with E-state index >= 15 is 0 Å². The van der Waals surface area contributed by atoms with Crippen molar-refractivity contribution < 1.29 is 4.79 Å². The maximum absolute atomic E-state index is 12.6. The van der Waals surface area contributed by atoms with Crippen LogP contribution in [-0.4, -0.2) is 16.1 Å². The van der Waals surface area contributed by atoms with E-state index in [1.807, 2.05) is 30.3 Å². The highest BCUT2D eigenvalue weighted by Crippen LogP contribution is 2.31. The number of rotatable bonds is 6. The molecule has 152 valence electrons. The molecule has 1 heterocycles. The SMILES string of the molecule is O=C(Cc1cccc2ccccc12)Nc1nnc(SCc2cccc3ccccc23)s1. The Kier molecular flexibility index (Phi) is 5.65. The zero-order valence-corrected chi connectivity index (χ0v) is 18.2. The molecule has 31 heavy (non-hydrogen) atoms. The summed E-state index contributed by atoms with van der Waals surface area (Å²) in [6.07, 6.45) is 0.305. The maximum Gasteiger partial charge on any atom is 0.230 e. The highest BCUT2D eigenvalue weighted by atomic mass is 32.2. The normalized spacial score (nSPS) is 11.1. The Morgan fingerprint density at radius 2 is 1.39 bits per heavy atom. The lowest BCUT2D eigenvalue weighted by molar-refractivity contribution is -0.115. The lowest BCUT2D eigenvalue weighted by Gasteiger charge is -2.06. The number of nitrogens with one attached hydrogen (secondary N) is 1. The number of thioether (sulfide) groups is 1. The van der Waals surface area contributed by atoms with Gasteiger partial charge in [0.25, 0.3) is 0 Å². The molecular weight excluding hydrogens is 422 g/mol. The third-order valence-corrected chi connectivity index (χ3v) is 7.14. The summed E-state index contributed by atoms with van der Waals surface area (Å²) in [5, 5.41) is 16.5. The summed E-state index contributed by atoms with van der Waals surface area (Å²) in [5.74, 6) is 0.720. The summed E-state index contributed by atoms with van der Waals surface area (Å²) in [4.78, 5) is 12.6. The molecule has 0 radical (unpaired) electrons. The minimum Gasteiger partial charge on any atom is -0.300 e. The zero-order valence-electron chi connectivity index (χ0n) is 16.6. The van der Waals surface area contributed by atoms with E-state index in [9.17, 15) is 4.79 Å². The van der Waals surface area contributed by atoms with Crippen molar-refractivity contribution in [2.75, 3.05) is 5.32 Å². The monoisotopic (exact) mass is 441 g/mol. The van der Waals surface area contributed by atoms with Crippen LogP contribution in [0.2, 0.25) is 0 Å². The Hall–Kier alpha value is -3.22. The van der Waals surface area contributed by atoms with Gasteiger partial charge in [-0.05, 0) is 32.7 Å². The largest absolute Gasteiger partial charge is 0.300 e. The Labute approximate surface area is 188 Å². The fourth-order valence-electron chi connectivity index (χ4n) is 3.66. The van der Waals surface area contributed by atoms with Crippen molar-refractivity contribution in [1.29, 1.82) is 0 Å². The van der Waals surface area contributed by atoms with Gasteiger partial charge >= 0.3 is 0 Å². The van der Waals surface area contributed by atoms with Crippen LogP contribution in [0.5, 0.6) is 0 Å². The lowest BCUT2D eigenvalue weighted by atomic mass is 10.0. The van der Waals surface area contributed by atoms with Gasteiger partial charge < -0.3 is 5.32 Å². The fourth-order valence-corrected chi connectivity index (χ4v) is 5.43. The topological polar surface area (TPSA) is 54.9 Å². The first-order valence-electron chi connectivity index (χ1n) is 9.96. The van der Waals surface area contributed by atoms with Crippen molar-refractivity contribution in [3.05, 3.63) is 96.1 Å². The van der Waals surface area contributed by atoms with Crippen LogP contribution in [0.1, 0.15) is 11.1 Å². The molecule has 0 unspecified atom stereocenters. The van der Waals surface area contributed by atoms with Crippen LogP contribution in [0.3, 0.4) is 0 Å². The number of nitrogens with zero attached hydrogens (tertiary/aromatic N) is 2. The molecule has 6 heteroatoms. The van der Waals surface area contributed by atoms with Gasteiger partial charge in [-0.15, -0.1) is 10.2 Å². The van der Waals surface area contributed by atoms with Crippen LogP contribution in [0.4, 0.5) is 5.13 Å². The van der Waals surface area contributed by atoms with Crippen molar-refractivity contribution >= 4 is 55.7 Å². The quantitative estimate of drug-likeness (QED) is 0.247. The molecule has 4 nitrogen and oxygen atoms in total. The number of hydrogen-bond donors (Lipinski definition) is 1. The predicted octanol–water partition coefficient (Wildman–Crippen LogP) is 6.32. The number of anilines is 1. The van der Waals surface area contributed by atoms with E-state index in [4.69, 9.17) is 0 Å². The Bertz CT molecular complexity index is 1370. The molecule has 1 aromatic heterocycles. The average molecular weight is 442 g/mol. The molecule has 0 aliphatic carbocycles. The molecule has 1 N–H and O–H groups in total. The molecule has 0 aliphatic rings. The van der Waals surface area contributed by atoms with Crippen molar-refractivity contribution in [1.82, 2.24) is 10.2 Å². The highest BCUT2D eigenvalue weighted by Gasteiger charge is 2.11. The molecule has 1 amide bonds. The predicted molar refractivity (Wildman–Crippen MR) is 130 cm³/mol. The van der Waals surface area contributed by atoms with Crippen LogP contribution < -0.4 is 5.32 Å². The van der Waals surface area contributed by atoms with Crippen molar-refractivity contribution in [2.24, 2.45) is 0 Å². The van der Waals surface area contributed by atoms with Gasteiger partial charge in [0.2, 0.25) is 11.0 Å². The van der Waals surface area contributed by atoms with E-state index in [0.29, 0.717) is 11.6 Å². The smallest absolute Gasteiger partial charge is 0.230 e. The molecule has 0 saturated heterocycles. The highest BCUT2D eigenvalue weighted by molar-refractivity contribution is 8.00. The third-order valence-electron chi connectivity index (χ3n) is 5.11. The molecule has 0 saturated carbocycles. The lowest BCUT2D eigenvalue weighted by Crippen LogP contribution is -2.14. The van der Waals surface area contributed by atoms with Crippen LogP contribution in [0, 0.1) is 0 Å². The molecular formula is C25H19N3OS2. The fraction of sp³-hybridized carbons (Fsp3) is 0.0800. The minimum atomic E-state index is -0.0851. The Morgan fingerprint density at radius 1 is 0.774 bits per heavy atom. The summed E-state index contributed by atoms with van der Waals surface area (Å²) in [7, 11) is 0. The van der Waals surface area contributed by atoms with Crippen LogP contribution in [-0.2, 0) is 17.0 Å². The summed E-state index contributed by atoms with van der Waals surface area (Å²) in [6, 6.07) is 28.9. The molecule has 0 spiro atoms. The van der Waals surface area contributed by atoms with Crippen LogP contribution >= 0.6 is 23.1 Å². The second-order valence-electron chi connectivity index (χ2n) is 7.16. The van der Waals surface area contributed by atoms with Crippen molar-refractivity contribution in [3.63, 3.8) is 0 Å². The zero-order chi connectivity index (χ0) is 21.0. The van der Waals surface area contributed by atoms with E-state index in [1.165, 1.54) is 27.7 Å². The standard InChI is InChI=1S/C25H19N3OS2/c29-23(15-19-11-5-9-17-7-1-3-13-21(17)19)26-24-27-28-25(31-24)30-16-20-12-6-10-18-8-2-4-14-22(18)20/h1-14H,15-16H2,(H,26,27,29). The van der Waals surface area contributed by atoms with Gasteiger partial charge in [-0.3, -0.25) is 4.79 Å². The van der Waals surface area contributed by atoms with E-state index in [1.54, 1.807) is 11.8 Å². The summed E-state index contributed by atoms with van der Waals surface area (Å²) in [6.45, 7) is 0. The second kappa shape index (κ2) is 8.88. The number of aromatic nitrogens is 2. The molecule has 0 fully saturated rings. The van der Waals surface area contributed by atoms with E-state index < -0.39 is 0 Å². The molecule has 5 aromatic rings. The number of benzene rings is 4. The maximum atomic E-state index is 12.6. The summed E-state index contributed by atoms with van der Waals surface area (Å²) in [5.41, 5.74) is 2.27. The first-order valence-corrected chi connectivity index (χ1v) is 11.8. The van der Waals surface area contributed by atoms with Gasteiger partial charge in [0, 0.05) is 5.75 Å². The molecule has 0 atom stereocenters. The Balaban J connectivity index is 1.24. The van der Waals surface area contributed by atoms with Crippen LogP contribution in [0.15, 0.2) is 89.3 Å².